The Morgan fingerprint density at radius 3 is 2.61 bits per heavy atom. The zero-order valence-electron chi connectivity index (χ0n) is 13.7. The van der Waals surface area contributed by atoms with Gasteiger partial charge in [0.2, 0.25) is 0 Å². The lowest BCUT2D eigenvalue weighted by Gasteiger charge is -2.14. The fourth-order valence-corrected chi connectivity index (χ4v) is 2.83. The molecule has 0 spiro atoms. The number of nitrogens with zero attached hydrogens (tertiary/aromatic N) is 1. The third-order valence-corrected chi connectivity index (χ3v) is 4.64. The molecule has 2 aromatic rings. The van der Waals surface area contributed by atoms with Crippen molar-refractivity contribution in [3.8, 4) is 0 Å². The van der Waals surface area contributed by atoms with Crippen molar-refractivity contribution in [1.29, 1.82) is 0 Å². The first kappa shape index (κ1) is 15.4. The molecule has 1 aliphatic rings. The summed E-state index contributed by atoms with van der Waals surface area (Å²) in [4.78, 5) is 17.0. The highest BCUT2D eigenvalue weighted by Crippen LogP contribution is 2.27. The highest BCUT2D eigenvalue weighted by Gasteiger charge is 2.20. The van der Waals surface area contributed by atoms with Gasteiger partial charge in [-0.25, -0.2) is 9.37 Å². The molecule has 4 heteroatoms. The molecule has 1 aromatic carbocycles. The molecular weight excluding hydrogens is 291 g/mol. The molecule has 0 atom stereocenters. The molecule has 0 radical (unpaired) electrons. The van der Waals surface area contributed by atoms with Gasteiger partial charge in [0.25, 0.3) is 5.91 Å². The van der Waals surface area contributed by atoms with Crippen LogP contribution in [0.25, 0.3) is 6.08 Å². The number of carbonyl (C=O) groups excluding carboxylic acids is 1. The summed E-state index contributed by atoms with van der Waals surface area (Å²) in [6.07, 6.45) is 2.27. The van der Waals surface area contributed by atoms with Crippen LogP contribution in [0.3, 0.4) is 0 Å². The number of rotatable bonds is 2. The average molecular weight is 310 g/mol. The highest BCUT2D eigenvalue weighted by atomic mass is 19.1. The molecule has 1 aliphatic carbocycles. The number of nitrogens with one attached hydrogen (secondary N) is 1. The summed E-state index contributed by atoms with van der Waals surface area (Å²) in [6.45, 7) is 7.95. The monoisotopic (exact) mass is 310 g/mol. The summed E-state index contributed by atoms with van der Waals surface area (Å²) < 4.78 is 13.3. The lowest BCUT2D eigenvalue weighted by molar-refractivity contribution is -0.112. The minimum Gasteiger partial charge on any atom is -0.307 e. The molecule has 1 amide bonds. The van der Waals surface area contributed by atoms with Crippen LogP contribution in [0.15, 0.2) is 23.8 Å². The molecule has 0 aliphatic heterocycles. The summed E-state index contributed by atoms with van der Waals surface area (Å²) in [7, 11) is 0. The molecule has 1 aromatic heterocycles. The van der Waals surface area contributed by atoms with Crippen LogP contribution in [-0.2, 0) is 11.2 Å². The van der Waals surface area contributed by atoms with E-state index in [1.165, 1.54) is 12.1 Å². The van der Waals surface area contributed by atoms with E-state index < -0.39 is 0 Å². The van der Waals surface area contributed by atoms with E-state index in [2.05, 4.69) is 10.3 Å². The fraction of sp³-hybridized carbons (Fsp3) is 0.263. The molecule has 0 saturated heterocycles. The van der Waals surface area contributed by atoms with Crippen molar-refractivity contribution in [2.45, 2.75) is 34.1 Å². The largest absolute Gasteiger partial charge is 0.307 e. The van der Waals surface area contributed by atoms with Crippen LogP contribution in [0.1, 0.15) is 33.5 Å². The van der Waals surface area contributed by atoms with Crippen molar-refractivity contribution in [3.05, 3.63) is 63.1 Å². The zero-order chi connectivity index (χ0) is 16.7. The number of fused-ring (bicyclic) bond motifs is 1. The van der Waals surface area contributed by atoms with Gasteiger partial charge in [0.15, 0.2) is 0 Å². The number of anilines is 1. The van der Waals surface area contributed by atoms with E-state index >= 15 is 0 Å². The second-order valence-corrected chi connectivity index (χ2v) is 6.06. The van der Waals surface area contributed by atoms with E-state index in [-0.39, 0.29) is 11.7 Å². The number of benzene rings is 1. The minimum absolute atomic E-state index is 0.181. The first-order chi connectivity index (χ1) is 10.9. The molecule has 0 fully saturated rings. The van der Waals surface area contributed by atoms with Crippen molar-refractivity contribution < 1.29 is 9.18 Å². The number of pyridine rings is 1. The van der Waals surface area contributed by atoms with Gasteiger partial charge < -0.3 is 5.32 Å². The summed E-state index contributed by atoms with van der Waals surface area (Å²) in [5.74, 6) is 0.127. The van der Waals surface area contributed by atoms with Gasteiger partial charge >= 0.3 is 0 Å². The number of amides is 1. The van der Waals surface area contributed by atoms with Crippen molar-refractivity contribution >= 4 is 17.8 Å². The Kier molecular flexibility index (Phi) is 3.76. The van der Waals surface area contributed by atoms with E-state index in [0.29, 0.717) is 17.8 Å². The number of hydrogen-bond donors (Lipinski definition) is 1. The average Bonchev–Trinajstić information content (AvgIpc) is 2.93. The van der Waals surface area contributed by atoms with Crippen molar-refractivity contribution in [2.75, 3.05) is 5.32 Å². The van der Waals surface area contributed by atoms with Crippen LogP contribution < -0.4 is 5.32 Å². The van der Waals surface area contributed by atoms with Crippen LogP contribution in [0.4, 0.5) is 10.2 Å². The normalized spacial score (nSPS) is 12.8. The second-order valence-electron chi connectivity index (χ2n) is 6.06. The maximum Gasteiger partial charge on any atom is 0.253 e. The predicted molar refractivity (Wildman–Crippen MR) is 89.9 cm³/mol. The van der Waals surface area contributed by atoms with Gasteiger partial charge in [-0.1, -0.05) is 6.07 Å². The Labute approximate surface area is 135 Å². The van der Waals surface area contributed by atoms with E-state index in [1.54, 1.807) is 12.1 Å². The number of aromatic nitrogens is 1. The lowest BCUT2D eigenvalue weighted by Crippen LogP contribution is -2.17. The molecule has 1 N–H and O–H groups in total. The minimum atomic E-state index is -0.288. The van der Waals surface area contributed by atoms with Crippen molar-refractivity contribution in [3.63, 3.8) is 0 Å². The van der Waals surface area contributed by atoms with E-state index in [9.17, 15) is 9.18 Å². The molecule has 3 rings (SSSR count). The summed E-state index contributed by atoms with van der Waals surface area (Å²) in [6, 6.07) is 4.61. The molecule has 1 heterocycles. The van der Waals surface area contributed by atoms with Gasteiger partial charge in [0, 0.05) is 17.7 Å². The third kappa shape index (κ3) is 2.77. The van der Waals surface area contributed by atoms with Crippen molar-refractivity contribution in [1.82, 2.24) is 4.98 Å². The quantitative estimate of drug-likeness (QED) is 0.910. The molecule has 0 saturated carbocycles. The van der Waals surface area contributed by atoms with Crippen LogP contribution in [-0.4, -0.2) is 10.9 Å². The summed E-state index contributed by atoms with van der Waals surface area (Å²) >= 11 is 0. The number of halogens is 1. The molecule has 118 valence electrons. The predicted octanol–water partition coefficient (Wildman–Crippen LogP) is 4.03. The van der Waals surface area contributed by atoms with E-state index in [0.717, 1.165) is 33.5 Å². The number of hydrogen-bond acceptors (Lipinski definition) is 2. The Bertz CT molecular complexity index is 853. The summed E-state index contributed by atoms with van der Waals surface area (Å²) in [5, 5.41) is 2.90. The van der Waals surface area contributed by atoms with Gasteiger partial charge in [-0.05, 0) is 73.7 Å². The van der Waals surface area contributed by atoms with Crippen LogP contribution in [0.5, 0.6) is 0 Å². The van der Waals surface area contributed by atoms with Gasteiger partial charge in [-0.15, -0.1) is 0 Å². The maximum atomic E-state index is 13.3. The Morgan fingerprint density at radius 2 is 1.87 bits per heavy atom. The van der Waals surface area contributed by atoms with Gasteiger partial charge in [-0.2, -0.15) is 0 Å². The number of carbonyl (C=O) groups is 1. The van der Waals surface area contributed by atoms with Gasteiger partial charge in [0.05, 0.1) is 0 Å². The van der Waals surface area contributed by atoms with E-state index in [4.69, 9.17) is 0 Å². The smallest absolute Gasteiger partial charge is 0.253 e. The fourth-order valence-electron chi connectivity index (χ4n) is 2.83. The SMILES string of the molecule is Cc1nc(NC(=O)C2=Cc3cc(F)ccc3C2)c(C)c(C)c1C. The molecule has 0 bridgehead atoms. The Balaban J connectivity index is 1.86. The molecular formula is C19H19FN2O. The lowest BCUT2D eigenvalue weighted by atomic mass is 10.0. The standard InChI is InChI=1S/C19H19FN2O/c1-10-11(2)13(4)21-18(12(10)3)22-19(23)16-7-14-5-6-17(20)9-15(14)8-16/h5-6,8-9H,7H2,1-4H3,(H,21,22,23). The van der Waals surface area contributed by atoms with Crippen LogP contribution >= 0.6 is 0 Å². The first-order valence-electron chi connectivity index (χ1n) is 7.61. The molecule has 23 heavy (non-hydrogen) atoms. The van der Waals surface area contributed by atoms with Crippen LogP contribution in [0, 0.1) is 33.5 Å². The van der Waals surface area contributed by atoms with E-state index in [1.807, 2.05) is 27.7 Å². The number of aryl methyl sites for hydroxylation is 1. The highest BCUT2D eigenvalue weighted by molar-refractivity contribution is 6.08. The third-order valence-electron chi connectivity index (χ3n) is 4.64. The van der Waals surface area contributed by atoms with Gasteiger partial charge in [0.1, 0.15) is 11.6 Å². The Hall–Kier alpha value is -2.49. The summed E-state index contributed by atoms with van der Waals surface area (Å²) in [5.41, 5.74) is 6.54. The topological polar surface area (TPSA) is 42.0 Å². The Morgan fingerprint density at radius 1 is 1.13 bits per heavy atom. The second kappa shape index (κ2) is 5.61. The van der Waals surface area contributed by atoms with Crippen molar-refractivity contribution in [2.24, 2.45) is 0 Å². The first-order valence-corrected chi connectivity index (χ1v) is 7.61. The van der Waals surface area contributed by atoms with Crippen LogP contribution in [0.2, 0.25) is 0 Å². The zero-order valence-corrected chi connectivity index (χ0v) is 13.7. The van der Waals surface area contributed by atoms with Gasteiger partial charge in [-0.3, -0.25) is 4.79 Å². The molecule has 3 nitrogen and oxygen atoms in total. The maximum absolute atomic E-state index is 13.3. The molecule has 0 unspecified atom stereocenters.